The van der Waals surface area contributed by atoms with Crippen molar-refractivity contribution in [1.29, 1.82) is 0 Å². The maximum Gasteiger partial charge on any atom is 0.336 e. The molecular formula is C20H19BrN2O3. The van der Waals surface area contributed by atoms with E-state index in [-0.39, 0.29) is 5.56 Å². The van der Waals surface area contributed by atoms with Gasteiger partial charge in [0, 0.05) is 28.5 Å². The smallest absolute Gasteiger partial charge is 0.336 e. The molecule has 134 valence electrons. The summed E-state index contributed by atoms with van der Waals surface area (Å²) >= 11 is 3.38. The number of ether oxygens (including phenoxy) is 1. The number of rotatable bonds is 2. The Morgan fingerprint density at radius 1 is 1.08 bits per heavy atom. The fourth-order valence-corrected chi connectivity index (χ4v) is 2.90. The second-order valence-corrected chi connectivity index (χ2v) is 6.66. The van der Waals surface area contributed by atoms with Gasteiger partial charge in [-0.2, -0.15) is 0 Å². The third-order valence-electron chi connectivity index (χ3n) is 3.93. The Kier molecular flexibility index (Phi) is 6.33. The van der Waals surface area contributed by atoms with Gasteiger partial charge in [0.2, 0.25) is 0 Å². The predicted molar refractivity (Wildman–Crippen MR) is 106 cm³/mol. The lowest BCUT2D eigenvalue weighted by Crippen LogP contribution is -2.30. The molecule has 1 saturated heterocycles. The highest BCUT2D eigenvalue weighted by atomic mass is 79.9. The first kappa shape index (κ1) is 18.5. The van der Waals surface area contributed by atoms with E-state index in [0.29, 0.717) is 16.6 Å². The standard InChI is InChI=1S/C16H10BrNO2.C4H9NO/c17-11-7-5-10(6-8-11)15-9-13(16(19)20)12-3-1-2-4-14(12)18-15;1-3-6-4-2-5-1/h1-9H,(H,19,20);5H,1-4H2. The van der Waals surface area contributed by atoms with Crippen molar-refractivity contribution in [2.24, 2.45) is 0 Å². The van der Waals surface area contributed by atoms with E-state index in [1.807, 2.05) is 42.5 Å². The van der Waals surface area contributed by atoms with Crippen LogP contribution in [0.15, 0.2) is 59.1 Å². The van der Waals surface area contributed by atoms with Gasteiger partial charge >= 0.3 is 5.97 Å². The first-order valence-electron chi connectivity index (χ1n) is 8.32. The number of morpholine rings is 1. The Balaban J connectivity index is 0.000000278. The number of nitrogens with one attached hydrogen (secondary N) is 1. The number of pyridine rings is 1. The largest absolute Gasteiger partial charge is 0.478 e. The van der Waals surface area contributed by atoms with Crippen molar-refractivity contribution >= 4 is 32.8 Å². The number of carboxylic acid groups (broad SMARTS) is 1. The summed E-state index contributed by atoms with van der Waals surface area (Å²) in [5, 5.41) is 13.2. The molecular weight excluding hydrogens is 396 g/mol. The van der Waals surface area contributed by atoms with E-state index in [4.69, 9.17) is 4.74 Å². The van der Waals surface area contributed by atoms with Gasteiger partial charge in [-0.3, -0.25) is 0 Å². The minimum absolute atomic E-state index is 0.272. The van der Waals surface area contributed by atoms with E-state index in [9.17, 15) is 9.90 Å². The van der Waals surface area contributed by atoms with Crippen LogP contribution in [0.3, 0.4) is 0 Å². The first-order valence-corrected chi connectivity index (χ1v) is 9.12. The number of benzene rings is 2. The summed E-state index contributed by atoms with van der Waals surface area (Å²) in [4.78, 5) is 16.0. The predicted octanol–water partition coefficient (Wildman–Crippen LogP) is 3.97. The Hall–Kier alpha value is -2.28. The second kappa shape index (κ2) is 8.89. The molecule has 0 spiro atoms. The van der Waals surface area contributed by atoms with Crippen molar-refractivity contribution in [1.82, 2.24) is 10.3 Å². The molecule has 2 N–H and O–H groups in total. The van der Waals surface area contributed by atoms with Crippen LogP contribution in [0.25, 0.3) is 22.2 Å². The third kappa shape index (κ3) is 4.66. The van der Waals surface area contributed by atoms with Gasteiger partial charge < -0.3 is 15.2 Å². The number of aromatic nitrogens is 1. The van der Waals surface area contributed by atoms with Crippen LogP contribution in [0.4, 0.5) is 0 Å². The van der Waals surface area contributed by atoms with Crippen LogP contribution < -0.4 is 5.32 Å². The molecule has 4 rings (SSSR count). The molecule has 6 heteroatoms. The fourth-order valence-electron chi connectivity index (χ4n) is 2.64. The molecule has 2 aromatic carbocycles. The number of carbonyl (C=O) groups is 1. The lowest BCUT2D eigenvalue weighted by atomic mass is 10.0. The SMILES string of the molecule is C1COCCN1.O=C(O)c1cc(-c2ccc(Br)cc2)nc2ccccc12. The molecule has 2 heterocycles. The third-order valence-corrected chi connectivity index (χ3v) is 4.46. The normalized spacial score (nSPS) is 13.7. The van der Waals surface area contributed by atoms with Crippen LogP contribution >= 0.6 is 15.9 Å². The molecule has 0 bridgehead atoms. The molecule has 0 saturated carbocycles. The lowest BCUT2D eigenvalue weighted by molar-refractivity contribution is 0.0699. The van der Waals surface area contributed by atoms with Gasteiger partial charge in [0.05, 0.1) is 30.0 Å². The number of para-hydroxylation sites is 1. The monoisotopic (exact) mass is 414 g/mol. The Morgan fingerprint density at radius 2 is 1.77 bits per heavy atom. The number of fused-ring (bicyclic) bond motifs is 1. The number of aromatic carboxylic acids is 1. The number of nitrogens with zero attached hydrogens (tertiary/aromatic N) is 1. The summed E-state index contributed by atoms with van der Waals surface area (Å²) < 4.78 is 5.98. The van der Waals surface area contributed by atoms with Crippen molar-refractivity contribution in [3.63, 3.8) is 0 Å². The van der Waals surface area contributed by atoms with E-state index in [1.54, 1.807) is 12.1 Å². The van der Waals surface area contributed by atoms with Crippen LogP contribution in [-0.2, 0) is 4.74 Å². The zero-order valence-corrected chi connectivity index (χ0v) is 15.7. The minimum atomic E-state index is -0.943. The molecule has 1 aliphatic rings. The fraction of sp³-hybridized carbons (Fsp3) is 0.200. The molecule has 0 radical (unpaired) electrons. The van der Waals surface area contributed by atoms with Gasteiger partial charge in [0.25, 0.3) is 0 Å². The Bertz CT molecular complexity index is 882. The quantitative estimate of drug-likeness (QED) is 0.663. The minimum Gasteiger partial charge on any atom is -0.478 e. The summed E-state index contributed by atoms with van der Waals surface area (Å²) in [6.07, 6.45) is 0. The molecule has 0 unspecified atom stereocenters. The number of halogens is 1. The van der Waals surface area contributed by atoms with E-state index in [2.05, 4.69) is 26.2 Å². The zero-order chi connectivity index (χ0) is 18.4. The van der Waals surface area contributed by atoms with Crippen molar-refractivity contribution in [3.05, 3.63) is 64.6 Å². The molecule has 1 aromatic heterocycles. The molecule has 1 fully saturated rings. The summed E-state index contributed by atoms with van der Waals surface area (Å²) in [6.45, 7) is 3.83. The van der Waals surface area contributed by atoms with Crippen LogP contribution in [0.5, 0.6) is 0 Å². The molecule has 0 atom stereocenters. The molecule has 26 heavy (non-hydrogen) atoms. The van der Waals surface area contributed by atoms with Crippen LogP contribution in [0, 0.1) is 0 Å². The maximum absolute atomic E-state index is 11.4. The summed E-state index contributed by atoms with van der Waals surface area (Å²) in [5.74, 6) is -0.943. The summed E-state index contributed by atoms with van der Waals surface area (Å²) in [7, 11) is 0. The molecule has 5 nitrogen and oxygen atoms in total. The Morgan fingerprint density at radius 3 is 2.35 bits per heavy atom. The van der Waals surface area contributed by atoms with E-state index in [1.165, 1.54) is 0 Å². The molecule has 3 aromatic rings. The summed E-state index contributed by atoms with van der Waals surface area (Å²) in [5.41, 5.74) is 2.51. The zero-order valence-electron chi connectivity index (χ0n) is 14.1. The van der Waals surface area contributed by atoms with Crippen molar-refractivity contribution in [2.75, 3.05) is 26.3 Å². The second-order valence-electron chi connectivity index (χ2n) is 5.75. The van der Waals surface area contributed by atoms with Crippen molar-refractivity contribution < 1.29 is 14.6 Å². The van der Waals surface area contributed by atoms with Gasteiger partial charge in [-0.15, -0.1) is 0 Å². The van der Waals surface area contributed by atoms with Gasteiger partial charge in [-0.25, -0.2) is 9.78 Å². The lowest BCUT2D eigenvalue weighted by Gasteiger charge is -2.10. The average molecular weight is 415 g/mol. The highest BCUT2D eigenvalue weighted by Gasteiger charge is 2.12. The van der Waals surface area contributed by atoms with E-state index >= 15 is 0 Å². The van der Waals surface area contributed by atoms with Crippen molar-refractivity contribution in [2.45, 2.75) is 0 Å². The highest BCUT2D eigenvalue weighted by molar-refractivity contribution is 9.10. The van der Waals surface area contributed by atoms with Gasteiger partial charge in [-0.1, -0.05) is 46.3 Å². The van der Waals surface area contributed by atoms with Gasteiger partial charge in [0.1, 0.15) is 0 Å². The number of carboxylic acids is 1. The van der Waals surface area contributed by atoms with Crippen LogP contribution in [-0.4, -0.2) is 42.4 Å². The molecule has 0 amide bonds. The number of hydrogen-bond acceptors (Lipinski definition) is 4. The topological polar surface area (TPSA) is 71.5 Å². The highest BCUT2D eigenvalue weighted by Crippen LogP contribution is 2.25. The van der Waals surface area contributed by atoms with E-state index in [0.717, 1.165) is 36.3 Å². The number of hydrogen-bond donors (Lipinski definition) is 2. The van der Waals surface area contributed by atoms with Gasteiger partial charge in [-0.05, 0) is 24.3 Å². The maximum atomic E-state index is 11.4. The first-order chi connectivity index (χ1) is 12.6. The molecule has 0 aliphatic carbocycles. The van der Waals surface area contributed by atoms with Gasteiger partial charge in [0.15, 0.2) is 0 Å². The van der Waals surface area contributed by atoms with E-state index < -0.39 is 5.97 Å². The van der Waals surface area contributed by atoms with Crippen molar-refractivity contribution in [3.8, 4) is 11.3 Å². The van der Waals surface area contributed by atoms with Crippen LogP contribution in [0.1, 0.15) is 10.4 Å². The van der Waals surface area contributed by atoms with Crippen LogP contribution in [0.2, 0.25) is 0 Å². The average Bonchev–Trinajstić information content (AvgIpc) is 2.69. The molecule has 1 aliphatic heterocycles. The Labute approximate surface area is 160 Å². The summed E-state index contributed by atoms with van der Waals surface area (Å²) in [6, 6.07) is 16.5.